The van der Waals surface area contributed by atoms with Crippen molar-refractivity contribution >= 4 is 23.2 Å². The number of rotatable bonds is 6. The Morgan fingerprint density at radius 1 is 1.00 bits per heavy atom. The fraction of sp³-hybridized carbons (Fsp3) is 0.440. The minimum Gasteiger partial charge on any atom is -0.326 e. The number of carbonyl (C=O) groups is 2. The Labute approximate surface area is 199 Å². The topological polar surface area (TPSA) is 49.4 Å². The van der Waals surface area contributed by atoms with Crippen LogP contribution in [0.3, 0.4) is 0 Å². The first kappa shape index (κ1) is 26.6. The van der Waals surface area contributed by atoms with Crippen LogP contribution in [0.2, 0.25) is 0 Å². The summed E-state index contributed by atoms with van der Waals surface area (Å²) in [7, 11) is 0. The average Bonchev–Trinajstić information content (AvgIpc) is 3.08. The van der Waals surface area contributed by atoms with Crippen LogP contribution in [0.1, 0.15) is 54.9 Å². The summed E-state index contributed by atoms with van der Waals surface area (Å²) in [4.78, 5) is 27.9. The molecule has 190 valence electrons. The summed E-state index contributed by atoms with van der Waals surface area (Å²) in [6.07, 6.45) is -8.77. The molecule has 1 aliphatic rings. The highest BCUT2D eigenvalue weighted by Gasteiger charge is 2.49. The van der Waals surface area contributed by atoms with E-state index in [0.29, 0.717) is 30.7 Å². The molecule has 35 heavy (non-hydrogen) atoms. The Bertz CT molecular complexity index is 1070. The molecule has 1 fully saturated rings. The van der Waals surface area contributed by atoms with Gasteiger partial charge in [-0.15, -0.1) is 0 Å². The second kappa shape index (κ2) is 9.54. The highest BCUT2D eigenvalue weighted by molar-refractivity contribution is 6.06. The third-order valence-corrected chi connectivity index (χ3v) is 6.30. The molecule has 0 saturated carbocycles. The molecule has 1 saturated heterocycles. The Balaban J connectivity index is 2.00. The number of unbranched alkanes of at least 4 members (excludes halogenated alkanes) is 1. The lowest BCUT2D eigenvalue weighted by molar-refractivity contribution is -0.143. The third-order valence-electron chi connectivity index (χ3n) is 6.30. The monoisotopic (exact) mass is 500 g/mol. The van der Waals surface area contributed by atoms with E-state index in [0.717, 1.165) is 11.1 Å². The van der Waals surface area contributed by atoms with E-state index in [1.54, 1.807) is 0 Å². The molecule has 1 aliphatic heterocycles. The second-order valence-corrected chi connectivity index (χ2v) is 9.03. The molecule has 1 N–H and O–H groups in total. The second-order valence-electron chi connectivity index (χ2n) is 9.03. The molecule has 10 heteroatoms. The number of halogens is 6. The lowest BCUT2D eigenvalue weighted by Gasteiger charge is -2.29. The standard InChI is InChI=1S/C25H26F6N2O2/c1-4-5-9-23(13-20(34)33(14-23)21-15(2)7-6-8-16(21)3)22(35)32-19-11-17(24(26,27)28)10-18(12-19)25(29,30)31/h6-8,10-12H,4-5,9,13-14H2,1-3H3,(H,32,35). The van der Waals surface area contributed by atoms with Crippen LogP contribution in [0.15, 0.2) is 36.4 Å². The van der Waals surface area contributed by atoms with Gasteiger partial charge in [-0.3, -0.25) is 9.59 Å². The molecule has 0 spiro atoms. The third kappa shape index (κ3) is 5.62. The normalized spacial score (nSPS) is 18.8. The molecule has 0 bridgehead atoms. The van der Waals surface area contributed by atoms with Gasteiger partial charge in [0.15, 0.2) is 0 Å². The molecule has 0 aliphatic carbocycles. The summed E-state index contributed by atoms with van der Waals surface area (Å²) < 4.78 is 79.5. The van der Waals surface area contributed by atoms with Crippen molar-refractivity contribution in [1.82, 2.24) is 0 Å². The number of anilines is 2. The highest BCUT2D eigenvalue weighted by atomic mass is 19.4. The van der Waals surface area contributed by atoms with Gasteiger partial charge in [0.1, 0.15) is 0 Å². The first-order valence-corrected chi connectivity index (χ1v) is 11.2. The molecule has 2 aromatic carbocycles. The largest absolute Gasteiger partial charge is 0.416 e. The van der Waals surface area contributed by atoms with Crippen molar-refractivity contribution in [2.75, 3.05) is 16.8 Å². The van der Waals surface area contributed by atoms with Crippen LogP contribution >= 0.6 is 0 Å². The van der Waals surface area contributed by atoms with Crippen molar-refractivity contribution in [2.24, 2.45) is 5.41 Å². The summed E-state index contributed by atoms with van der Waals surface area (Å²) in [5, 5.41) is 2.26. The number of alkyl halides is 6. The Morgan fingerprint density at radius 3 is 2.03 bits per heavy atom. The van der Waals surface area contributed by atoms with Crippen LogP contribution in [0.4, 0.5) is 37.7 Å². The van der Waals surface area contributed by atoms with Gasteiger partial charge >= 0.3 is 12.4 Å². The summed E-state index contributed by atoms with van der Waals surface area (Å²) >= 11 is 0. The zero-order valence-electron chi connectivity index (χ0n) is 19.5. The molecular formula is C25H26F6N2O2. The molecule has 2 aromatic rings. The van der Waals surface area contributed by atoms with Crippen LogP contribution in [-0.2, 0) is 21.9 Å². The summed E-state index contributed by atoms with van der Waals surface area (Å²) in [6.45, 7) is 5.51. The fourth-order valence-corrected chi connectivity index (χ4v) is 4.51. The van der Waals surface area contributed by atoms with Crippen LogP contribution in [0.5, 0.6) is 0 Å². The fourth-order valence-electron chi connectivity index (χ4n) is 4.51. The zero-order valence-corrected chi connectivity index (χ0v) is 19.5. The number of carbonyl (C=O) groups excluding carboxylic acids is 2. The van der Waals surface area contributed by atoms with Gasteiger partial charge in [-0.2, -0.15) is 26.3 Å². The number of aryl methyl sites for hydroxylation is 2. The molecule has 0 aromatic heterocycles. The zero-order chi connectivity index (χ0) is 26.2. The number of nitrogens with one attached hydrogen (secondary N) is 1. The van der Waals surface area contributed by atoms with E-state index < -0.39 is 40.5 Å². The van der Waals surface area contributed by atoms with E-state index >= 15 is 0 Å². The van der Waals surface area contributed by atoms with Crippen LogP contribution < -0.4 is 10.2 Å². The van der Waals surface area contributed by atoms with Crippen molar-refractivity contribution in [3.05, 3.63) is 58.7 Å². The maximum atomic E-state index is 13.4. The predicted molar refractivity (Wildman–Crippen MR) is 120 cm³/mol. The van der Waals surface area contributed by atoms with Gasteiger partial charge in [0.05, 0.1) is 16.5 Å². The van der Waals surface area contributed by atoms with Crippen molar-refractivity contribution in [1.29, 1.82) is 0 Å². The molecule has 1 heterocycles. The van der Waals surface area contributed by atoms with Gasteiger partial charge in [-0.1, -0.05) is 38.0 Å². The summed E-state index contributed by atoms with van der Waals surface area (Å²) in [5.74, 6) is -1.10. The quantitative estimate of drug-likeness (QED) is 0.439. The molecule has 3 rings (SSSR count). The number of para-hydroxylation sites is 1. The minimum atomic E-state index is -5.04. The predicted octanol–water partition coefficient (Wildman–Crippen LogP) is 6.89. The van der Waals surface area contributed by atoms with Crippen molar-refractivity contribution < 1.29 is 35.9 Å². The van der Waals surface area contributed by atoms with Crippen LogP contribution in [0.25, 0.3) is 0 Å². The number of hydrogen-bond acceptors (Lipinski definition) is 2. The van der Waals surface area contributed by atoms with E-state index in [1.807, 2.05) is 39.0 Å². The van der Waals surface area contributed by atoms with Gasteiger partial charge in [-0.05, 0) is 49.6 Å². The van der Waals surface area contributed by atoms with E-state index in [4.69, 9.17) is 0 Å². The minimum absolute atomic E-state index is 0.00426. The first-order valence-electron chi connectivity index (χ1n) is 11.2. The van der Waals surface area contributed by atoms with Crippen LogP contribution in [-0.4, -0.2) is 18.4 Å². The van der Waals surface area contributed by atoms with Gasteiger partial charge < -0.3 is 10.2 Å². The average molecular weight is 500 g/mol. The van der Waals surface area contributed by atoms with Crippen molar-refractivity contribution in [2.45, 2.75) is 58.8 Å². The summed E-state index contributed by atoms with van der Waals surface area (Å²) in [6, 6.07) is 6.43. The molecule has 4 nitrogen and oxygen atoms in total. The highest BCUT2D eigenvalue weighted by Crippen LogP contribution is 2.43. The van der Waals surface area contributed by atoms with E-state index in [1.165, 1.54) is 4.90 Å². The lowest BCUT2D eigenvalue weighted by Crippen LogP contribution is -2.39. The Kier molecular flexibility index (Phi) is 7.24. The first-order chi connectivity index (χ1) is 16.2. The van der Waals surface area contributed by atoms with Crippen LogP contribution in [0, 0.1) is 19.3 Å². The van der Waals surface area contributed by atoms with Crippen molar-refractivity contribution in [3.8, 4) is 0 Å². The maximum Gasteiger partial charge on any atom is 0.416 e. The molecular weight excluding hydrogens is 474 g/mol. The number of benzene rings is 2. The van der Waals surface area contributed by atoms with E-state index in [2.05, 4.69) is 5.32 Å². The van der Waals surface area contributed by atoms with Crippen molar-refractivity contribution in [3.63, 3.8) is 0 Å². The van der Waals surface area contributed by atoms with E-state index in [9.17, 15) is 35.9 Å². The number of nitrogens with zero attached hydrogens (tertiary/aromatic N) is 1. The van der Waals surface area contributed by atoms with Gasteiger partial charge in [0, 0.05) is 24.3 Å². The smallest absolute Gasteiger partial charge is 0.326 e. The number of hydrogen-bond donors (Lipinski definition) is 1. The molecule has 1 atom stereocenters. The SMILES string of the molecule is CCCCC1(C(=O)Nc2cc(C(F)(F)F)cc(C(F)(F)F)c2)CC(=O)N(c2c(C)cccc2C)C1. The van der Waals surface area contributed by atoms with Gasteiger partial charge in [0.2, 0.25) is 11.8 Å². The maximum absolute atomic E-state index is 13.4. The Morgan fingerprint density at radius 2 is 1.54 bits per heavy atom. The lowest BCUT2D eigenvalue weighted by atomic mass is 9.80. The molecule has 0 radical (unpaired) electrons. The van der Waals surface area contributed by atoms with Gasteiger partial charge in [0.25, 0.3) is 0 Å². The molecule has 1 unspecified atom stereocenters. The molecule has 2 amide bonds. The van der Waals surface area contributed by atoms with Gasteiger partial charge in [-0.25, -0.2) is 0 Å². The summed E-state index contributed by atoms with van der Waals surface area (Å²) in [5.41, 5.74) is -2.67. The van der Waals surface area contributed by atoms with E-state index in [-0.39, 0.29) is 31.4 Å². The number of amides is 2. The Hall–Kier alpha value is -3.04.